The molecule has 0 unspecified atom stereocenters. The molecule has 0 saturated heterocycles. The molecule has 108 valence electrons. The summed E-state index contributed by atoms with van der Waals surface area (Å²) in [6.45, 7) is 11.4. The highest BCUT2D eigenvalue weighted by Crippen LogP contribution is 2.21. The van der Waals surface area contributed by atoms with Crippen molar-refractivity contribution < 1.29 is 4.74 Å². The monoisotopic (exact) mass is 285 g/mol. The number of likely N-dealkylation sites (N-methyl/N-ethyl adjacent to an activating group) is 1. The molecule has 4 nitrogen and oxygen atoms in total. The second kappa shape index (κ2) is 8.33. The van der Waals surface area contributed by atoms with Crippen LogP contribution in [-0.4, -0.2) is 36.3 Å². The van der Waals surface area contributed by atoms with Crippen molar-refractivity contribution in [2.75, 3.05) is 31.2 Å². The number of aromatic nitrogens is 2. The van der Waals surface area contributed by atoms with Gasteiger partial charge >= 0.3 is 0 Å². The molecule has 0 spiro atoms. The summed E-state index contributed by atoms with van der Waals surface area (Å²) in [5.74, 6) is 1.57. The lowest BCUT2D eigenvalue weighted by Crippen LogP contribution is -2.28. The van der Waals surface area contributed by atoms with Gasteiger partial charge in [-0.25, -0.2) is 9.97 Å². The van der Waals surface area contributed by atoms with Gasteiger partial charge in [0, 0.05) is 25.6 Å². The number of anilines is 1. The zero-order valence-electron chi connectivity index (χ0n) is 12.3. The summed E-state index contributed by atoms with van der Waals surface area (Å²) in [6.07, 6.45) is 1.88. The molecule has 0 atom stereocenters. The van der Waals surface area contributed by atoms with Crippen LogP contribution in [0.25, 0.3) is 0 Å². The predicted molar refractivity (Wildman–Crippen MR) is 80.1 cm³/mol. The molecule has 19 heavy (non-hydrogen) atoms. The summed E-state index contributed by atoms with van der Waals surface area (Å²) >= 11 is 6.02. The predicted octanol–water partition coefficient (Wildman–Crippen LogP) is 3.20. The highest BCUT2D eigenvalue weighted by molar-refractivity contribution is 6.17. The van der Waals surface area contributed by atoms with Crippen LogP contribution in [0.15, 0.2) is 6.20 Å². The van der Waals surface area contributed by atoms with E-state index < -0.39 is 0 Å². The molecule has 1 aromatic rings. The highest BCUT2D eigenvalue weighted by atomic mass is 35.5. The molecule has 5 heteroatoms. The fourth-order valence-corrected chi connectivity index (χ4v) is 2.03. The van der Waals surface area contributed by atoms with Crippen LogP contribution in [0.2, 0.25) is 0 Å². The Bertz CT molecular complexity index is 385. The van der Waals surface area contributed by atoms with Crippen molar-refractivity contribution in [3.05, 3.63) is 17.7 Å². The minimum atomic E-state index is 0.314. The van der Waals surface area contributed by atoms with E-state index in [0.717, 1.165) is 36.9 Å². The molecule has 0 bridgehead atoms. The van der Waals surface area contributed by atoms with E-state index in [9.17, 15) is 0 Å². The van der Waals surface area contributed by atoms with E-state index in [-0.39, 0.29) is 0 Å². The van der Waals surface area contributed by atoms with Gasteiger partial charge < -0.3 is 9.64 Å². The first-order chi connectivity index (χ1) is 9.13. The van der Waals surface area contributed by atoms with Crippen LogP contribution >= 0.6 is 11.6 Å². The van der Waals surface area contributed by atoms with E-state index in [1.54, 1.807) is 0 Å². The van der Waals surface area contributed by atoms with E-state index in [2.05, 4.69) is 35.6 Å². The largest absolute Gasteiger partial charge is 0.380 e. The van der Waals surface area contributed by atoms with E-state index in [0.29, 0.717) is 18.4 Å². The van der Waals surface area contributed by atoms with Crippen LogP contribution in [-0.2, 0) is 10.6 Å². The van der Waals surface area contributed by atoms with Gasteiger partial charge in [-0.2, -0.15) is 0 Å². The molecule has 0 aliphatic carbocycles. The minimum absolute atomic E-state index is 0.314. The Hall–Kier alpha value is -0.870. The lowest BCUT2D eigenvalue weighted by molar-refractivity contribution is 0.154. The molecule has 0 saturated carbocycles. The van der Waals surface area contributed by atoms with Crippen molar-refractivity contribution in [1.29, 1.82) is 0 Å². The Labute approximate surface area is 121 Å². The molecule has 0 aliphatic rings. The Morgan fingerprint density at radius 3 is 2.63 bits per heavy atom. The smallest absolute Gasteiger partial charge is 0.131 e. The maximum absolute atomic E-state index is 6.02. The maximum atomic E-state index is 6.02. The maximum Gasteiger partial charge on any atom is 0.131 e. The zero-order valence-corrected chi connectivity index (χ0v) is 13.1. The van der Waals surface area contributed by atoms with Crippen LogP contribution < -0.4 is 4.90 Å². The van der Waals surface area contributed by atoms with E-state index in [4.69, 9.17) is 16.3 Å². The first kappa shape index (κ1) is 16.2. The molecule has 0 aromatic carbocycles. The Morgan fingerprint density at radius 1 is 1.37 bits per heavy atom. The fourth-order valence-electron chi connectivity index (χ4n) is 1.83. The standard InChI is InChI=1S/C14H24ClN3O/c1-5-18(7-8-19-6-2)13-10-16-14(11(3)4)17-12(13)9-15/h10-11H,5-9H2,1-4H3. The normalized spacial score (nSPS) is 11.1. The molecule has 0 aliphatic heterocycles. The second-order valence-electron chi connectivity index (χ2n) is 4.63. The van der Waals surface area contributed by atoms with Gasteiger partial charge in [0.05, 0.1) is 30.1 Å². The number of alkyl halides is 1. The van der Waals surface area contributed by atoms with Gasteiger partial charge in [0.2, 0.25) is 0 Å². The number of rotatable bonds is 8. The number of hydrogen-bond acceptors (Lipinski definition) is 4. The lowest BCUT2D eigenvalue weighted by atomic mass is 10.2. The van der Waals surface area contributed by atoms with E-state index in [1.807, 2.05) is 13.1 Å². The van der Waals surface area contributed by atoms with Crippen LogP contribution in [0.5, 0.6) is 0 Å². The topological polar surface area (TPSA) is 38.2 Å². The Kier molecular flexibility index (Phi) is 7.10. The third-order valence-electron chi connectivity index (χ3n) is 2.94. The van der Waals surface area contributed by atoms with Crippen molar-refractivity contribution >= 4 is 17.3 Å². The van der Waals surface area contributed by atoms with E-state index in [1.165, 1.54) is 0 Å². The van der Waals surface area contributed by atoms with Gasteiger partial charge in [-0.3, -0.25) is 0 Å². The molecule has 0 amide bonds. The fraction of sp³-hybridized carbons (Fsp3) is 0.714. The summed E-state index contributed by atoms with van der Waals surface area (Å²) < 4.78 is 5.41. The number of hydrogen-bond donors (Lipinski definition) is 0. The quantitative estimate of drug-likeness (QED) is 0.543. The van der Waals surface area contributed by atoms with Gasteiger partial charge in [-0.15, -0.1) is 11.6 Å². The van der Waals surface area contributed by atoms with E-state index >= 15 is 0 Å². The van der Waals surface area contributed by atoms with Gasteiger partial charge in [-0.1, -0.05) is 13.8 Å². The summed E-state index contributed by atoms with van der Waals surface area (Å²) in [4.78, 5) is 11.2. The molecule has 1 heterocycles. The first-order valence-electron chi connectivity index (χ1n) is 6.88. The molecular formula is C14H24ClN3O. The van der Waals surface area contributed by atoms with Gasteiger partial charge in [0.1, 0.15) is 5.82 Å². The van der Waals surface area contributed by atoms with Gasteiger partial charge in [-0.05, 0) is 13.8 Å². The third kappa shape index (κ3) is 4.62. The van der Waals surface area contributed by atoms with Gasteiger partial charge in [0.25, 0.3) is 0 Å². The summed E-state index contributed by atoms with van der Waals surface area (Å²) in [7, 11) is 0. The van der Waals surface area contributed by atoms with Crippen LogP contribution in [0.4, 0.5) is 5.69 Å². The number of nitrogens with zero attached hydrogens (tertiary/aromatic N) is 3. The summed E-state index contributed by atoms with van der Waals surface area (Å²) in [5, 5.41) is 0. The average Bonchev–Trinajstić information content (AvgIpc) is 2.43. The molecule has 0 fully saturated rings. The molecular weight excluding hydrogens is 262 g/mol. The molecule has 0 radical (unpaired) electrons. The number of ether oxygens (including phenoxy) is 1. The zero-order chi connectivity index (χ0) is 14.3. The Balaban J connectivity index is 2.89. The molecule has 1 aromatic heterocycles. The summed E-state index contributed by atoms with van der Waals surface area (Å²) in [5.41, 5.74) is 1.92. The molecule has 0 N–H and O–H groups in total. The third-order valence-corrected chi connectivity index (χ3v) is 3.19. The van der Waals surface area contributed by atoms with Crippen molar-refractivity contribution in [3.63, 3.8) is 0 Å². The average molecular weight is 286 g/mol. The molecule has 1 rings (SSSR count). The first-order valence-corrected chi connectivity index (χ1v) is 7.41. The minimum Gasteiger partial charge on any atom is -0.380 e. The van der Waals surface area contributed by atoms with Crippen LogP contribution in [0.1, 0.15) is 45.1 Å². The Morgan fingerprint density at radius 2 is 2.11 bits per heavy atom. The van der Waals surface area contributed by atoms with Crippen molar-refractivity contribution in [2.24, 2.45) is 0 Å². The highest BCUT2D eigenvalue weighted by Gasteiger charge is 2.13. The van der Waals surface area contributed by atoms with Crippen molar-refractivity contribution in [2.45, 2.75) is 39.5 Å². The number of halogens is 1. The van der Waals surface area contributed by atoms with Crippen molar-refractivity contribution in [3.8, 4) is 0 Å². The van der Waals surface area contributed by atoms with Crippen LogP contribution in [0, 0.1) is 0 Å². The SMILES string of the molecule is CCOCCN(CC)c1cnc(C(C)C)nc1CCl. The second-order valence-corrected chi connectivity index (χ2v) is 4.89. The van der Waals surface area contributed by atoms with Gasteiger partial charge in [0.15, 0.2) is 0 Å². The van der Waals surface area contributed by atoms with Crippen LogP contribution in [0.3, 0.4) is 0 Å². The summed E-state index contributed by atoms with van der Waals surface area (Å²) in [6, 6.07) is 0. The van der Waals surface area contributed by atoms with Crippen molar-refractivity contribution in [1.82, 2.24) is 9.97 Å². The lowest BCUT2D eigenvalue weighted by Gasteiger charge is -2.24.